The number of methoxy groups -OCH3 is 1. The zero-order valence-corrected chi connectivity index (χ0v) is 8.52. The van der Waals surface area contributed by atoms with Gasteiger partial charge in [0.25, 0.3) is 0 Å². The Morgan fingerprint density at radius 3 is 2.80 bits per heavy atom. The van der Waals surface area contributed by atoms with Crippen LogP contribution < -0.4 is 4.74 Å². The van der Waals surface area contributed by atoms with Crippen LogP contribution >= 0.6 is 0 Å². The molecule has 1 aromatic heterocycles. The van der Waals surface area contributed by atoms with E-state index in [-0.39, 0.29) is 0 Å². The van der Waals surface area contributed by atoms with Crippen LogP contribution in [0.1, 0.15) is 16.3 Å². The molecule has 0 bridgehead atoms. The van der Waals surface area contributed by atoms with E-state index in [4.69, 9.17) is 4.74 Å². The van der Waals surface area contributed by atoms with Crippen molar-refractivity contribution in [2.24, 2.45) is 0 Å². The van der Waals surface area contributed by atoms with Crippen LogP contribution in [0.4, 0.5) is 0 Å². The number of ether oxygens (including phenoxy) is 1. The SMILES string of the molecule is COc1ccc2nc(C)nc(C=O)c2c1. The lowest BCUT2D eigenvalue weighted by Gasteiger charge is -2.04. The van der Waals surface area contributed by atoms with E-state index in [1.807, 2.05) is 12.1 Å². The number of hydrogen-bond donors (Lipinski definition) is 0. The summed E-state index contributed by atoms with van der Waals surface area (Å²) in [6.07, 6.45) is 0.733. The van der Waals surface area contributed by atoms with E-state index in [0.717, 1.165) is 17.2 Å². The molecule has 1 heterocycles. The Morgan fingerprint density at radius 1 is 1.33 bits per heavy atom. The van der Waals surface area contributed by atoms with Gasteiger partial charge in [-0.1, -0.05) is 0 Å². The number of fused-ring (bicyclic) bond motifs is 1. The average molecular weight is 202 g/mol. The van der Waals surface area contributed by atoms with Crippen LogP contribution in [0.15, 0.2) is 18.2 Å². The van der Waals surface area contributed by atoms with Crippen molar-refractivity contribution in [1.29, 1.82) is 0 Å². The fraction of sp³-hybridized carbons (Fsp3) is 0.182. The summed E-state index contributed by atoms with van der Waals surface area (Å²) >= 11 is 0. The van der Waals surface area contributed by atoms with Crippen LogP contribution in [0.3, 0.4) is 0 Å². The van der Waals surface area contributed by atoms with Gasteiger partial charge in [0, 0.05) is 5.39 Å². The van der Waals surface area contributed by atoms with Crippen LogP contribution in [0, 0.1) is 6.92 Å². The molecule has 4 heteroatoms. The van der Waals surface area contributed by atoms with Crippen LogP contribution in [0.2, 0.25) is 0 Å². The van der Waals surface area contributed by atoms with Crippen LogP contribution in [-0.2, 0) is 0 Å². The summed E-state index contributed by atoms with van der Waals surface area (Å²) in [7, 11) is 1.58. The second-order valence-corrected chi connectivity index (χ2v) is 3.16. The van der Waals surface area contributed by atoms with Crippen molar-refractivity contribution in [2.75, 3.05) is 7.11 Å². The van der Waals surface area contributed by atoms with Crippen molar-refractivity contribution in [1.82, 2.24) is 9.97 Å². The Morgan fingerprint density at radius 2 is 2.13 bits per heavy atom. The van der Waals surface area contributed by atoms with Gasteiger partial charge in [-0.3, -0.25) is 4.79 Å². The van der Waals surface area contributed by atoms with Gasteiger partial charge in [-0.15, -0.1) is 0 Å². The number of benzene rings is 1. The smallest absolute Gasteiger partial charge is 0.169 e. The molecule has 0 atom stereocenters. The Balaban J connectivity index is 2.79. The number of carbonyl (C=O) groups excluding carboxylic acids is 1. The van der Waals surface area contributed by atoms with Crippen molar-refractivity contribution in [2.45, 2.75) is 6.92 Å². The minimum absolute atomic E-state index is 0.399. The van der Waals surface area contributed by atoms with E-state index in [2.05, 4.69) is 9.97 Å². The number of aldehydes is 1. The third-order valence-corrected chi connectivity index (χ3v) is 2.16. The zero-order chi connectivity index (χ0) is 10.8. The van der Waals surface area contributed by atoms with Crippen molar-refractivity contribution in [3.05, 3.63) is 29.7 Å². The summed E-state index contributed by atoms with van der Waals surface area (Å²) in [6.45, 7) is 1.76. The lowest BCUT2D eigenvalue weighted by molar-refractivity contribution is 0.112. The van der Waals surface area contributed by atoms with Gasteiger partial charge >= 0.3 is 0 Å². The first kappa shape index (κ1) is 9.58. The van der Waals surface area contributed by atoms with Gasteiger partial charge in [0.05, 0.1) is 12.6 Å². The minimum atomic E-state index is 0.399. The maximum absolute atomic E-state index is 10.8. The highest BCUT2D eigenvalue weighted by Crippen LogP contribution is 2.20. The molecule has 0 aliphatic carbocycles. The summed E-state index contributed by atoms with van der Waals surface area (Å²) in [6, 6.07) is 5.39. The molecule has 0 saturated carbocycles. The van der Waals surface area contributed by atoms with Gasteiger partial charge < -0.3 is 4.74 Å². The van der Waals surface area contributed by atoms with E-state index >= 15 is 0 Å². The molecule has 0 radical (unpaired) electrons. The Labute approximate surface area is 86.9 Å². The molecule has 0 amide bonds. The number of nitrogens with zero attached hydrogens (tertiary/aromatic N) is 2. The average Bonchev–Trinajstić information content (AvgIpc) is 2.27. The summed E-state index contributed by atoms with van der Waals surface area (Å²) in [5.41, 5.74) is 1.15. The highest BCUT2D eigenvalue weighted by molar-refractivity contribution is 5.94. The molecule has 0 unspecified atom stereocenters. The predicted octanol–water partition coefficient (Wildman–Crippen LogP) is 1.76. The molecule has 0 N–H and O–H groups in total. The number of hydrogen-bond acceptors (Lipinski definition) is 4. The van der Waals surface area contributed by atoms with E-state index in [1.165, 1.54) is 0 Å². The van der Waals surface area contributed by atoms with Gasteiger partial charge in [0.2, 0.25) is 0 Å². The molecule has 2 aromatic rings. The van der Waals surface area contributed by atoms with E-state index in [1.54, 1.807) is 20.1 Å². The molecular formula is C11H10N2O2. The molecule has 76 valence electrons. The molecular weight excluding hydrogens is 192 g/mol. The van der Waals surface area contributed by atoms with Crippen LogP contribution in [-0.4, -0.2) is 23.4 Å². The van der Waals surface area contributed by atoms with Crippen molar-refractivity contribution in [3.63, 3.8) is 0 Å². The van der Waals surface area contributed by atoms with Gasteiger partial charge in [-0.25, -0.2) is 9.97 Å². The topological polar surface area (TPSA) is 52.1 Å². The third kappa shape index (κ3) is 1.66. The Kier molecular flexibility index (Phi) is 2.33. The summed E-state index contributed by atoms with van der Waals surface area (Å²) in [5, 5.41) is 0.718. The Hall–Kier alpha value is -1.97. The minimum Gasteiger partial charge on any atom is -0.497 e. The number of aryl methyl sites for hydroxylation is 1. The molecule has 1 aromatic carbocycles. The maximum atomic E-state index is 10.8. The van der Waals surface area contributed by atoms with Gasteiger partial charge in [-0.2, -0.15) is 0 Å². The summed E-state index contributed by atoms with van der Waals surface area (Å²) < 4.78 is 5.08. The molecule has 0 fully saturated rings. The molecule has 4 nitrogen and oxygen atoms in total. The van der Waals surface area contributed by atoms with Crippen molar-refractivity contribution < 1.29 is 9.53 Å². The summed E-state index contributed by atoms with van der Waals surface area (Å²) in [4.78, 5) is 19.1. The van der Waals surface area contributed by atoms with E-state index in [9.17, 15) is 4.79 Å². The molecule has 0 spiro atoms. The summed E-state index contributed by atoms with van der Waals surface area (Å²) in [5.74, 6) is 1.29. The highest BCUT2D eigenvalue weighted by Gasteiger charge is 2.05. The number of carbonyl (C=O) groups is 1. The predicted molar refractivity (Wildman–Crippen MR) is 56.2 cm³/mol. The molecule has 2 rings (SSSR count). The fourth-order valence-electron chi connectivity index (χ4n) is 1.47. The molecule has 15 heavy (non-hydrogen) atoms. The molecule has 0 saturated heterocycles. The lowest BCUT2D eigenvalue weighted by atomic mass is 10.2. The van der Waals surface area contributed by atoms with Gasteiger partial charge in [-0.05, 0) is 25.1 Å². The maximum Gasteiger partial charge on any atom is 0.169 e. The second-order valence-electron chi connectivity index (χ2n) is 3.16. The first-order chi connectivity index (χ1) is 7.24. The number of rotatable bonds is 2. The highest BCUT2D eigenvalue weighted by atomic mass is 16.5. The second kappa shape index (κ2) is 3.65. The molecule has 0 aliphatic rings. The normalized spacial score (nSPS) is 10.3. The largest absolute Gasteiger partial charge is 0.497 e. The van der Waals surface area contributed by atoms with Crippen molar-refractivity contribution in [3.8, 4) is 5.75 Å². The lowest BCUT2D eigenvalue weighted by Crippen LogP contribution is -1.96. The van der Waals surface area contributed by atoms with Gasteiger partial charge in [0.15, 0.2) is 6.29 Å². The van der Waals surface area contributed by atoms with Crippen LogP contribution in [0.25, 0.3) is 10.9 Å². The van der Waals surface area contributed by atoms with Crippen molar-refractivity contribution >= 4 is 17.2 Å². The monoisotopic (exact) mass is 202 g/mol. The van der Waals surface area contributed by atoms with Crippen LogP contribution in [0.5, 0.6) is 5.75 Å². The quantitative estimate of drug-likeness (QED) is 0.696. The fourth-order valence-corrected chi connectivity index (χ4v) is 1.47. The van der Waals surface area contributed by atoms with Gasteiger partial charge in [0.1, 0.15) is 17.3 Å². The first-order valence-electron chi connectivity index (χ1n) is 4.52. The standard InChI is InChI=1S/C11H10N2O2/c1-7-12-10-4-3-8(15-2)5-9(10)11(6-14)13-7/h3-6H,1-2H3. The Bertz CT molecular complexity index is 523. The molecule has 0 aliphatic heterocycles. The van der Waals surface area contributed by atoms with E-state index < -0.39 is 0 Å². The number of aromatic nitrogens is 2. The third-order valence-electron chi connectivity index (χ3n) is 2.16. The zero-order valence-electron chi connectivity index (χ0n) is 8.52. The first-order valence-corrected chi connectivity index (χ1v) is 4.52. The van der Waals surface area contributed by atoms with E-state index in [0.29, 0.717) is 17.3 Å².